The van der Waals surface area contributed by atoms with Gasteiger partial charge in [-0.05, 0) is 31.9 Å². The van der Waals surface area contributed by atoms with Gasteiger partial charge in [0.1, 0.15) is 0 Å². The minimum absolute atomic E-state index is 0.111. The van der Waals surface area contributed by atoms with E-state index in [0.717, 1.165) is 19.3 Å². The first-order valence-electron chi connectivity index (χ1n) is 9.13. The lowest BCUT2D eigenvalue weighted by Gasteiger charge is -2.34. The van der Waals surface area contributed by atoms with Crippen molar-refractivity contribution in [3.63, 3.8) is 0 Å². The van der Waals surface area contributed by atoms with Crippen LogP contribution >= 0.6 is 0 Å². The van der Waals surface area contributed by atoms with Crippen molar-refractivity contribution in [1.82, 2.24) is 15.1 Å². The van der Waals surface area contributed by atoms with Gasteiger partial charge in [-0.2, -0.15) is 0 Å². The van der Waals surface area contributed by atoms with Crippen LogP contribution in [-0.4, -0.2) is 67.0 Å². The minimum Gasteiger partial charge on any atom is -0.466 e. The molecule has 2 rings (SSSR count). The summed E-state index contributed by atoms with van der Waals surface area (Å²) in [4.78, 5) is 38.9. The zero-order valence-corrected chi connectivity index (χ0v) is 15.2. The first-order valence-corrected chi connectivity index (χ1v) is 9.13. The van der Waals surface area contributed by atoms with E-state index < -0.39 is 0 Å². The van der Waals surface area contributed by atoms with E-state index in [1.807, 2.05) is 0 Å². The summed E-state index contributed by atoms with van der Waals surface area (Å²) >= 11 is 0. The Hall–Kier alpha value is -2.51. The van der Waals surface area contributed by atoms with Gasteiger partial charge in [-0.3, -0.25) is 9.59 Å². The Morgan fingerprint density at radius 2 is 1.85 bits per heavy atom. The van der Waals surface area contributed by atoms with Gasteiger partial charge in [-0.1, -0.05) is 6.42 Å². The molecule has 3 amide bonds. The average molecular weight is 365 g/mol. The lowest BCUT2D eigenvalue weighted by atomic mass is 10.2. The van der Waals surface area contributed by atoms with Crippen LogP contribution in [-0.2, 0) is 9.53 Å². The fraction of sp³-hybridized carbons (Fsp3) is 0.611. The van der Waals surface area contributed by atoms with Crippen LogP contribution in [0.1, 0.15) is 43.2 Å². The molecule has 0 spiro atoms. The van der Waals surface area contributed by atoms with Crippen molar-refractivity contribution in [2.75, 3.05) is 39.3 Å². The van der Waals surface area contributed by atoms with E-state index >= 15 is 0 Å². The molecule has 8 nitrogen and oxygen atoms in total. The lowest BCUT2D eigenvalue weighted by Crippen LogP contribution is -2.53. The van der Waals surface area contributed by atoms with Gasteiger partial charge in [-0.25, -0.2) is 4.79 Å². The first kappa shape index (κ1) is 19.8. The third kappa shape index (κ3) is 6.09. The molecule has 0 aromatic carbocycles. The van der Waals surface area contributed by atoms with Crippen molar-refractivity contribution in [2.45, 2.75) is 32.6 Å². The van der Waals surface area contributed by atoms with Crippen LogP contribution < -0.4 is 5.32 Å². The smallest absolute Gasteiger partial charge is 0.317 e. The fourth-order valence-electron chi connectivity index (χ4n) is 2.78. The van der Waals surface area contributed by atoms with E-state index in [1.165, 1.54) is 6.26 Å². The van der Waals surface area contributed by atoms with E-state index in [0.29, 0.717) is 51.5 Å². The molecule has 0 radical (unpaired) electrons. The molecule has 0 atom stereocenters. The summed E-state index contributed by atoms with van der Waals surface area (Å²) in [6.45, 7) is 4.77. The van der Waals surface area contributed by atoms with Crippen LogP contribution in [0.5, 0.6) is 0 Å². The summed E-state index contributed by atoms with van der Waals surface area (Å²) < 4.78 is 9.99. The Morgan fingerprint density at radius 3 is 2.50 bits per heavy atom. The number of esters is 1. The fourth-order valence-corrected chi connectivity index (χ4v) is 2.78. The van der Waals surface area contributed by atoms with Gasteiger partial charge in [-0.15, -0.1) is 0 Å². The van der Waals surface area contributed by atoms with Crippen LogP contribution in [0.2, 0.25) is 0 Å². The number of carbonyl (C=O) groups is 3. The van der Waals surface area contributed by atoms with Gasteiger partial charge in [0, 0.05) is 39.1 Å². The second kappa shape index (κ2) is 10.5. The van der Waals surface area contributed by atoms with E-state index in [2.05, 4.69) is 5.32 Å². The number of hydrogen-bond donors (Lipinski definition) is 1. The third-order valence-electron chi connectivity index (χ3n) is 4.23. The van der Waals surface area contributed by atoms with Crippen LogP contribution in [0.15, 0.2) is 22.8 Å². The summed E-state index contributed by atoms with van der Waals surface area (Å²) in [6.07, 6.45) is 4.35. The van der Waals surface area contributed by atoms with Crippen molar-refractivity contribution in [3.05, 3.63) is 24.2 Å². The summed E-state index contributed by atoms with van der Waals surface area (Å²) in [7, 11) is 0. The highest BCUT2D eigenvalue weighted by molar-refractivity contribution is 5.91. The van der Waals surface area contributed by atoms with Gasteiger partial charge in [0.2, 0.25) is 0 Å². The number of piperazine rings is 1. The molecule has 0 aliphatic carbocycles. The molecular weight excluding hydrogens is 338 g/mol. The van der Waals surface area contributed by atoms with Crippen LogP contribution in [0, 0.1) is 0 Å². The topological polar surface area (TPSA) is 92.1 Å². The molecule has 26 heavy (non-hydrogen) atoms. The quantitative estimate of drug-likeness (QED) is 0.561. The van der Waals surface area contributed by atoms with Gasteiger partial charge >= 0.3 is 12.0 Å². The number of hydrogen-bond acceptors (Lipinski definition) is 5. The van der Waals surface area contributed by atoms with Crippen molar-refractivity contribution < 1.29 is 23.5 Å². The SMILES string of the molecule is CCOC(=O)CCCCCNC(=O)N1CCN(C(=O)c2ccco2)CC1. The zero-order valence-electron chi connectivity index (χ0n) is 15.2. The normalized spacial score (nSPS) is 14.2. The van der Waals surface area contributed by atoms with Crippen LogP contribution in [0.3, 0.4) is 0 Å². The molecule has 1 aromatic rings. The number of rotatable bonds is 8. The first-order chi connectivity index (χ1) is 12.6. The molecule has 1 saturated heterocycles. The number of urea groups is 1. The Morgan fingerprint density at radius 1 is 1.12 bits per heavy atom. The summed E-state index contributed by atoms with van der Waals surface area (Å²) in [5.41, 5.74) is 0. The molecule has 144 valence electrons. The maximum atomic E-state index is 12.2. The lowest BCUT2D eigenvalue weighted by molar-refractivity contribution is -0.143. The predicted octanol–water partition coefficient (Wildman–Crippen LogP) is 1.87. The Bertz CT molecular complexity index is 580. The van der Waals surface area contributed by atoms with Gasteiger partial charge in [0.25, 0.3) is 5.91 Å². The zero-order chi connectivity index (χ0) is 18.8. The largest absolute Gasteiger partial charge is 0.466 e. The molecule has 1 aromatic heterocycles. The molecule has 1 N–H and O–H groups in total. The number of nitrogens with one attached hydrogen (secondary N) is 1. The number of nitrogens with zero attached hydrogens (tertiary/aromatic N) is 2. The predicted molar refractivity (Wildman–Crippen MR) is 94.7 cm³/mol. The molecule has 2 heterocycles. The van der Waals surface area contributed by atoms with Crippen molar-refractivity contribution in [2.24, 2.45) is 0 Å². The maximum Gasteiger partial charge on any atom is 0.317 e. The van der Waals surface area contributed by atoms with Gasteiger partial charge in [0.15, 0.2) is 5.76 Å². The summed E-state index contributed by atoms with van der Waals surface area (Å²) in [5, 5.41) is 2.89. The highest BCUT2D eigenvalue weighted by Gasteiger charge is 2.25. The molecule has 1 aliphatic rings. The van der Waals surface area contributed by atoms with Crippen LogP contribution in [0.25, 0.3) is 0 Å². The minimum atomic E-state index is -0.168. The van der Waals surface area contributed by atoms with Crippen molar-refractivity contribution >= 4 is 17.9 Å². The molecule has 0 saturated carbocycles. The summed E-state index contributed by atoms with van der Waals surface area (Å²) in [6, 6.07) is 3.22. The molecule has 1 aliphatic heterocycles. The Kier molecular flexibility index (Phi) is 7.98. The number of carbonyl (C=O) groups excluding carboxylic acids is 3. The number of amides is 3. The van der Waals surface area contributed by atoms with Gasteiger partial charge < -0.3 is 24.3 Å². The molecule has 1 fully saturated rings. The van der Waals surface area contributed by atoms with Gasteiger partial charge in [0.05, 0.1) is 12.9 Å². The standard InChI is InChI=1S/C18H27N3O5/c1-2-25-16(22)8-4-3-5-9-19-18(24)21-12-10-20(11-13-21)17(23)15-7-6-14-26-15/h6-7,14H,2-5,8-13H2,1H3,(H,19,24). The molecule has 0 unspecified atom stereocenters. The maximum absolute atomic E-state index is 12.2. The second-order valence-electron chi connectivity index (χ2n) is 6.10. The van der Waals surface area contributed by atoms with E-state index in [9.17, 15) is 14.4 Å². The number of furan rings is 1. The van der Waals surface area contributed by atoms with Crippen molar-refractivity contribution in [1.29, 1.82) is 0 Å². The van der Waals surface area contributed by atoms with E-state index in [1.54, 1.807) is 28.9 Å². The molecule has 8 heteroatoms. The molecule has 0 bridgehead atoms. The van der Waals surface area contributed by atoms with Crippen LogP contribution in [0.4, 0.5) is 4.79 Å². The third-order valence-corrected chi connectivity index (χ3v) is 4.23. The summed E-state index contributed by atoms with van der Waals surface area (Å²) in [5.74, 6) is 0.0147. The highest BCUT2D eigenvalue weighted by Crippen LogP contribution is 2.09. The van der Waals surface area contributed by atoms with Crippen molar-refractivity contribution in [3.8, 4) is 0 Å². The Labute approximate surface area is 153 Å². The number of unbranched alkanes of at least 4 members (excludes halogenated alkanes) is 2. The Balaban J connectivity index is 1.57. The van der Waals surface area contributed by atoms with E-state index in [4.69, 9.17) is 9.15 Å². The molecular formula is C18H27N3O5. The highest BCUT2D eigenvalue weighted by atomic mass is 16.5. The monoisotopic (exact) mass is 365 g/mol. The number of ether oxygens (including phenoxy) is 1. The van der Waals surface area contributed by atoms with E-state index in [-0.39, 0.29) is 17.9 Å². The second-order valence-corrected chi connectivity index (χ2v) is 6.10. The average Bonchev–Trinajstić information content (AvgIpc) is 3.19.